The van der Waals surface area contributed by atoms with Gasteiger partial charge in [0.2, 0.25) is 0 Å². The van der Waals surface area contributed by atoms with Crippen molar-refractivity contribution in [1.82, 2.24) is 5.43 Å². The summed E-state index contributed by atoms with van der Waals surface area (Å²) in [5.74, 6) is -1.28. The average molecular weight is 496 g/mol. The highest BCUT2D eigenvalue weighted by Crippen LogP contribution is 2.17. The fraction of sp³-hybridized carbons (Fsp3) is 0.0435. The molecule has 3 aromatic carbocycles. The van der Waals surface area contributed by atoms with Crippen LogP contribution in [0, 0.1) is 0 Å². The van der Waals surface area contributed by atoms with Gasteiger partial charge in [-0.05, 0) is 72.3 Å². The SMILES string of the molecule is COc1ccc(NC(=O)C(=O)N/N=C/c2ccc(OC(=O)c3cccc(Br)c3)cc2)cc1. The van der Waals surface area contributed by atoms with Gasteiger partial charge in [0.15, 0.2) is 0 Å². The minimum Gasteiger partial charge on any atom is -0.497 e. The second-order valence-corrected chi connectivity index (χ2v) is 7.27. The molecular formula is C23H18BrN3O5. The van der Waals surface area contributed by atoms with E-state index in [9.17, 15) is 14.4 Å². The molecule has 162 valence electrons. The molecule has 0 aliphatic rings. The van der Waals surface area contributed by atoms with Crippen molar-refractivity contribution in [2.75, 3.05) is 12.4 Å². The lowest BCUT2D eigenvalue weighted by Gasteiger charge is -2.05. The zero-order valence-corrected chi connectivity index (χ0v) is 18.5. The first-order valence-corrected chi connectivity index (χ1v) is 10.1. The van der Waals surface area contributed by atoms with Crippen LogP contribution in [0.4, 0.5) is 5.69 Å². The van der Waals surface area contributed by atoms with Crippen molar-refractivity contribution in [1.29, 1.82) is 0 Å². The molecule has 9 heteroatoms. The highest BCUT2D eigenvalue weighted by atomic mass is 79.9. The zero-order valence-electron chi connectivity index (χ0n) is 16.9. The second kappa shape index (κ2) is 10.9. The number of rotatable bonds is 6. The predicted octanol–water partition coefficient (Wildman–Crippen LogP) is 3.77. The molecule has 0 saturated heterocycles. The topological polar surface area (TPSA) is 106 Å². The number of hydrogen-bond acceptors (Lipinski definition) is 6. The summed E-state index contributed by atoms with van der Waals surface area (Å²) in [7, 11) is 1.53. The van der Waals surface area contributed by atoms with Crippen LogP contribution in [0.1, 0.15) is 15.9 Å². The lowest BCUT2D eigenvalue weighted by atomic mass is 10.2. The smallest absolute Gasteiger partial charge is 0.343 e. The fourth-order valence-corrected chi connectivity index (χ4v) is 2.88. The molecule has 0 heterocycles. The number of anilines is 1. The zero-order chi connectivity index (χ0) is 22.9. The second-order valence-electron chi connectivity index (χ2n) is 6.35. The highest BCUT2D eigenvalue weighted by Gasteiger charge is 2.13. The van der Waals surface area contributed by atoms with Crippen LogP contribution < -0.4 is 20.2 Å². The summed E-state index contributed by atoms with van der Waals surface area (Å²) in [5.41, 5.74) is 3.64. The molecule has 8 nitrogen and oxygen atoms in total. The normalized spacial score (nSPS) is 10.4. The highest BCUT2D eigenvalue weighted by molar-refractivity contribution is 9.10. The summed E-state index contributed by atoms with van der Waals surface area (Å²) in [4.78, 5) is 36.0. The number of nitrogens with zero attached hydrogens (tertiary/aromatic N) is 1. The van der Waals surface area contributed by atoms with Crippen LogP contribution in [0.15, 0.2) is 82.4 Å². The summed E-state index contributed by atoms with van der Waals surface area (Å²) in [5, 5.41) is 6.21. The average Bonchev–Trinajstić information content (AvgIpc) is 2.80. The number of ether oxygens (including phenoxy) is 2. The van der Waals surface area contributed by atoms with Gasteiger partial charge in [-0.25, -0.2) is 10.2 Å². The number of methoxy groups -OCH3 is 1. The van der Waals surface area contributed by atoms with Crippen LogP contribution in [0.25, 0.3) is 0 Å². The van der Waals surface area contributed by atoms with E-state index < -0.39 is 17.8 Å². The van der Waals surface area contributed by atoms with Gasteiger partial charge in [0, 0.05) is 10.2 Å². The first-order valence-electron chi connectivity index (χ1n) is 9.31. The summed E-state index contributed by atoms with van der Waals surface area (Å²) in [6, 6.07) is 19.9. The van der Waals surface area contributed by atoms with Gasteiger partial charge in [-0.15, -0.1) is 0 Å². The third-order valence-electron chi connectivity index (χ3n) is 4.08. The fourth-order valence-electron chi connectivity index (χ4n) is 2.48. The van der Waals surface area contributed by atoms with Gasteiger partial charge >= 0.3 is 17.8 Å². The Morgan fingerprint density at radius 2 is 1.59 bits per heavy atom. The lowest BCUT2D eigenvalue weighted by Crippen LogP contribution is -2.32. The number of amides is 2. The largest absolute Gasteiger partial charge is 0.497 e. The van der Waals surface area contributed by atoms with E-state index in [0.29, 0.717) is 28.3 Å². The summed E-state index contributed by atoms with van der Waals surface area (Å²) in [6.45, 7) is 0. The molecule has 3 rings (SSSR count). The van der Waals surface area contributed by atoms with Crippen LogP contribution >= 0.6 is 15.9 Å². The van der Waals surface area contributed by atoms with Gasteiger partial charge in [0.25, 0.3) is 0 Å². The van der Waals surface area contributed by atoms with E-state index in [2.05, 4.69) is 31.8 Å². The van der Waals surface area contributed by atoms with Crippen molar-refractivity contribution in [3.63, 3.8) is 0 Å². The van der Waals surface area contributed by atoms with Crippen molar-refractivity contribution in [2.24, 2.45) is 5.10 Å². The maximum absolute atomic E-state index is 12.2. The van der Waals surface area contributed by atoms with Crippen LogP contribution in [-0.4, -0.2) is 31.1 Å². The quantitative estimate of drug-likeness (QED) is 0.178. The Kier molecular flexibility index (Phi) is 7.71. The molecule has 2 amide bonds. The number of nitrogens with one attached hydrogen (secondary N) is 2. The Bertz CT molecular complexity index is 1150. The third kappa shape index (κ3) is 6.51. The predicted molar refractivity (Wildman–Crippen MR) is 123 cm³/mol. The summed E-state index contributed by atoms with van der Waals surface area (Å²) >= 11 is 3.31. The van der Waals surface area contributed by atoms with Crippen molar-refractivity contribution in [3.05, 3.63) is 88.4 Å². The maximum Gasteiger partial charge on any atom is 0.343 e. The van der Waals surface area contributed by atoms with Crippen LogP contribution in [0.3, 0.4) is 0 Å². The van der Waals surface area contributed by atoms with Gasteiger partial charge in [-0.2, -0.15) is 5.10 Å². The number of esters is 1. The van der Waals surface area contributed by atoms with Gasteiger partial charge in [0.05, 0.1) is 18.9 Å². The maximum atomic E-state index is 12.2. The molecule has 0 atom stereocenters. The molecule has 0 saturated carbocycles. The molecule has 0 spiro atoms. The molecule has 0 unspecified atom stereocenters. The number of hydrazone groups is 1. The van der Waals surface area contributed by atoms with E-state index in [0.717, 1.165) is 4.47 Å². The monoisotopic (exact) mass is 495 g/mol. The molecule has 2 N–H and O–H groups in total. The molecule has 0 bridgehead atoms. The first kappa shape index (κ1) is 22.7. The molecular weight excluding hydrogens is 478 g/mol. The van der Waals surface area contributed by atoms with Gasteiger partial charge in [-0.3, -0.25) is 9.59 Å². The Morgan fingerprint density at radius 3 is 2.25 bits per heavy atom. The van der Waals surface area contributed by atoms with Crippen LogP contribution in [-0.2, 0) is 9.59 Å². The standard InChI is InChI=1S/C23H18BrN3O5/c1-31-19-11-7-18(8-12-19)26-21(28)22(29)27-25-14-15-5-9-20(10-6-15)32-23(30)16-3-2-4-17(24)13-16/h2-14H,1H3,(H,26,28)(H,27,29)/b25-14+. The summed E-state index contributed by atoms with van der Waals surface area (Å²) < 4.78 is 11.1. The number of hydrogen-bond donors (Lipinski definition) is 2. The molecule has 0 fully saturated rings. The molecule has 0 aromatic heterocycles. The Morgan fingerprint density at radius 1 is 0.906 bits per heavy atom. The van der Waals surface area contributed by atoms with E-state index in [1.807, 2.05) is 6.07 Å². The van der Waals surface area contributed by atoms with Crippen LogP contribution in [0.2, 0.25) is 0 Å². The lowest BCUT2D eigenvalue weighted by molar-refractivity contribution is -0.136. The minimum atomic E-state index is -0.920. The van der Waals surface area contributed by atoms with Gasteiger partial charge in [-0.1, -0.05) is 22.0 Å². The van der Waals surface area contributed by atoms with E-state index in [1.54, 1.807) is 66.7 Å². The molecule has 0 aliphatic carbocycles. The number of halogens is 1. The Balaban J connectivity index is 1.50. The van der Waals surface area contributed by atoms with Crippen molar-refractivity contribution in [2.45, 2.75) is 0 Å². The van der Waals surface area contributed by atoms with Crippen molar-refractivity contribution >= 4 is 45.6 Å². The van der Waals surface area contributed by atoms with E-state index in [-0.39, 0.29) is 0 Å². The molecule has 0 radical (unpaired) electrons. The number of carbonyl (C=O) groups is 3. The van der Waals surface area contributed by atoms with E-state index >= 15 is 0 Å². The van der Waals surface area contributed by atoms with Crippen molar-refractivity contribution < 1.29 is 23.9 Å². The van der Waals surface area contributed by atoms with E-state index in [1.165, 1.54) is 13.3 Å². The van der Waals surface area contributed by atoms with Gasteiger partial charge in [0.1, 0.15) is 11.5 Å². The molecule has 32 heavy (non-hydrogen) atoms. The number of carbonyl (C=O) groups excluding carboxylic acids is 3. The first-order chi connectivity index (χ1) is 15.4. The summed E-state index contributed by atoms with van der Waals surface area (Å²) in [6.07, 6.45) is 1.36. The van der Waals surface area contributed by atoms with Gasteiger partial charge < -0.3 is 14.8 Å². The third-order valence-corrected chi connectivity index (χ3v) is 4.58. The molecule has 0 aliphatic heterocycles. The van der Waals surface area contributed by atoms with Crippen molar-refractivity contribution in [3.8, 4) is 11.5 Å². The van der Waals surface area contributed by atoms with Crippen LogP contribution in [0.5, 0.6) is 11.5 Å². The van der Waals surface area contributed by atoms with E-state index in [4.69, 9.17) is 9.47 Å². The Hall–Kier alpha value is -3.98. The minimum absolute atomic E-state index is 0.357. The molecule has 3 aromatic rings. The number of benzene rings is 3. The Labute approximate surface area is 192 Å².